The minimum absolute atomic E-state index is 0.211. The number of aromatic nitrogens is 2. The number of nitrogens with two attached hydrogens (primary N) is 1. The molecule has 0 saturated carbocycles. The lowest BCUT2D eigenvalue weighted by atomic mass is 10.2. The number of hydrogen-bond donors (Lipinski definition) is 2. The highest BCUT2D eigenvalue weighted by atomic mass is 15.2. The van der Waals surface area contributed by atoms with Crippen molar-refractivity contribution in [1.29, 1.82) is 0 Å². The molecule has 5 heteroatoms. The predicted molar refractivity (Wildman–Crippen MR) is 77.1 cm³/mol. The summed E-state index contributed by atoms with van der Waals surface area (Å²) in [6.45, 7) is 10.9. The second-order valence-corrected chi connectivity index (χ2v) is 4.52. The van der Waals surface area contributed by atoms with Gasteiger partial charge < -0.3 is 16.0 Å². The van der Waals surface area contributed by atoms with Gasteiger partial charge in [0.2, 0.25) is 0 Å². The second-order valence-electron chi connectivity index (χ2n) is 4.52. The number of rotatable bonds is 7. The Morgan fingerprint density at radius 1 is 1.33 bits per heavy atom. The highest BCUT2D eigenvalue weighted by Gasteiger charge is 2.07. The van der Waals surface area contributed by atoms with Crippen LogP contribution in [0.25, 0.3) is 0 Å². The standard InChI is InChI=1S/C13H25N5/c1-5-18(6-2)13-9-12(16-11(4)17-13)15-8-7-10(3)14/h9-10H,5-8,14H2,1-4H3,(H,15,16,17). The van der Waals surface area contributed by atoms with E-state index in [1.807, 2.05) is 19.9 Å². The number of nitrogens with one attached hydrogen (secondary N) is 1. The van der Waals surface area contributed by atoms with Gasteiger partial charge in [-0.1, -0.05) is 0 Å². The first-order valence-corrected chi connectivity index (χ1v) is 6.66. The number of anilines is 2. The molecule has 0 amide bonds. The Kier molecular flexibility index (Phi) is 5.85. The molecule has 5 nitrogen and oxygen atoms in total. The van der Waals surface area contributed by atoms with Crippen molar-refractivity contribution in [3.8, 4) is 0 Å². The van der Waals surface area contributed by atoms with Crippen molar-refractivity contribution in [3.05, 3.63) is 11.9 Å². The highest BCUT2D eigenvalue weighted by molar-refractivity contribution is 5.49. The Morgan fingerprint density at radius 2 is 2.00 bits per heavy atom. The lowest BCUT2D eigenvalue weighted by Crippen LogP contribution is -2.24. The Morgan fingerprint density at radius 3 is 2.56 bits per heavy atom. The first kappa shape index (κ1) is 14.7. The minimum atomic E-state index is 0.211. The van der Waals surface area contributed by atoms with E-state index >= 15 is 0 Å². The molecule has 0 aliphatic rings. The van der Waals surface area contributed by atoms with E-state index in [0.29, 0.717) is 0 Å². The van der Waals surface area contributed by atoms with Gasteiger partial charge in [-0.3, -0.25) is 0 Å². The van der Waals surface area contributed by atoms with Crippen LogP contribution in [0.4, 0.5) is 11.6 Å². The maximum Gasteiger partial charge on any atom is 0.134 e. The highest BCUT2D eigenvalue weighted by Crippen LogP contribution is 2.15. The van der Waals surface area contributed by atoms with Crippen molar-refractivity contribution in [2.45, 2.75) is 40.2 Å². The van der Waals surface area contributed by atoms with Gasteiger partial charge in [0, 0.05) is 31.7 Å². The van der Waals surface area contributed by atoms with Crippen LogP contribution >= 0.6 is 0 Å². The normalized spacial score (nSPS) is 12.3. The van der Waals surface area contributed by atoms with Crippen LogP contribution in [0.3, 0.4) is 0 Å². The van der Waals surface area contributed by atoms with Gasteiger partial charge in [-0.2, -0.15) is 0 Å². The molecule has 0 spiro atoms. The molecule has 0 aromatic carbocycles. The molecule has 0 saturated heterocycles. The fraction of sp³-hybridized carbons (Fsp3) is 0.692. The third-order valence-electron chi connectivity index (χ3n) is 2.82. The van der Waals surface area contributed by atoms with Crippen molar-refractivity contribution < 1.29 is 0 Å². The largest absolute Gasteiger partial charge is 0.370 e. The van der Waals surface area contributed by atoms with Crippen LogP contribution < -0.4 is 16.0 Å². The molecule has 1 heterocycles. The maximum absolute atomic E-state index is 5.73. The molecule has 1 aromatic heterocycles. The number of hydrogen-bond acceptors (Lipinski definition) is 5. The average molecular weight is 251 g/mol. The zero-order valence-corrected chi connectivity index (χ0v) is 11.9. The lowest BCUT2D eigenvalue weighted by molar-refractivity contribution is 0.689. The van der Waals surface area contributed by atoms with Gasteiger partial charge >= 0.3 is 0 Å². The molecule has 0 radical (unpaired) electrons. The minimum Gasteiger partial charge on any atom is -0.370 e. The molecule has 3 N–H and O–H groups in total. The van der Waals surface area contributed by atoms with Gasteiger partial charge in [0.1, 0.15) is 17.5 Å². The van der Waals surface area contributed by atoms with Crippen LogP contribution in [0.15, 0.2) is 6.07 Å². The summed E-state index contributed by atoms with van der Waals surface area (Å²) in [7, 11) is 0. The smallest absolute Gasteiger partial charge is 0.134 e. The summed E-state index contributed by atoms with van der Waals surface area (Å²) in [4.78, 5) is 11.1. The van der Waals surface area contributed by atoms with Crippen molar-refractivity contribution in [2.75, 3.05) is 29.9 Å². The van der Waals surface area contributed by atoms with E-state index in [9.17, 15) is 0 Å². The zero-order valence-electron chi connectivity index (χ0n) is 11.9. The zero-order chi connectivity index (χ0) is 13.5. The van der Waals surface area contributed by atoms with Gasteiger partial charge in [0.05, 0.1) is 0 Å². The van der Waals surface area contributed by atoms with Gasteiger partial charge in [-0.15, -0.1) is 0 Å². The van der Waals surface area contributed by atoms with Crippen molar-refractivity contribution in [3.63, 3.8) is 0 Å². The third kappa shape index (κ3) is 4.49. The summed E-state index contributed by atoms with van der Waals surface area (Å²) >= 11 is 0. The molecule has 1 atom stereocenters. The summed E-state index contributed by atoms with van der Waals surface area (Å²) in [5.41, 5.74) is 5.73. The predicted octanol–water partition coefficient (Wildman–Crippen LogP) is 1.78. The van der Waals surface area contributed by atoms with Gasteiger partial charge in [0.25, 0.3) is 0 Å². The molecule has 0 bridgehead atoms. The molecule has 1 rings (SSSR count). The summed E-state index contributed by atoms with van der Waals surface area (Å²) < 4.78 is 0. The van der Waals surface area contributed by atoms with Crippen molar-refractivity contribution in [2.24, 2.45) is 5.73 Å². The van der Waals surface area contributed by atoms with Crippen LogP contribution in [0, 0.1) is 6.92 Å². The van der Waals surface area contributed by atoms with Crippen LogP contribution in [-0.2, 0) is 0 Å². The van der Waals surface area contributed by atoms with Gasteiger partial charge in [-0.25, -0.2) is 9.97 Å². The first-order chi connectivity index (χ1) is 8.56. The quantitative estimate of drug-likeness (QED) is 0.773. The summed E-state index contributed by atoms with van der Waals surface area (Å²) in [5.74, 6) is 2.66. The molecule has 102 valence electrons. The van der Waals surface area contributed by atoms with Crippen LogP contribution in [0.5, 0.6) is 0 Å². The summed E-state index contributed by atoms with van der Waals surface area (Å²) in [6.07, 6.45) is 0.934. The maximum atomic E-state index is 5.73. The molecule has 1 unspecified atom stereocenters. The van der Waals surface area contributed by atoms with E-state index in [-0.39, 0.29) is 6.04 Å². The molecular formula is C13H25N5. The van der Waals surface area contributed by atoms with Crippen molar-refractivity contribution in [1.82, 2.24) is 9.97 Å². The van der Waals surface area contributed by atoms with Gasteiger partial charge in [-0.05, 0) is 34.1 Å². The van der Waals surface area contributed by atoms with Gasteiger partial charge in [0.15, 0.2) is 0 Å². The summed E-state index contributed by atoms with van der Waals surface area (Å²) in [6, 6.07) is 2.21. The summed E-state index contributed by atoms with van der Waals surface area (Å²) in [5, 5.41) is 3.30. The molecule has 0 aliphatic heterocycles. The molecule has 1 aromatic rings. The van der Waals surface area contributed by atoms with E-state index < -0.39 is 0 Å². The third-order valence-corrected chi connectivity index (χ3v) is 2.82. The molecule has 18 heavy (non-hydrogen) atoms. The van der Waals surface area contributed by atoms with Crippen molar-refractivity contribution >= 4 is 11.6 Å². The SMILES string of the molecule is CCN(CC)c1cc(NCCC(C)N)nc(C)n1. The molecule has 0 aliphatic carbocycles. The van der Waals surface area contributed by atoms with Crippen LogP contribution in [-0.4, -0.2) is 35.6 Å². The van der Waals surface area contributed by atoms with Crippen LogP contribution in [0.2, 0.25) is 0 Å². The molecular weight excluding hydrogens is 226 g/mol. The topological polar surface area (TPSA) is 67.1 Å². The Bertz CT molecular complexity index is 360. The van der Waals surface area contributed by atoms with E-state index in [1.54, 1.807) is 0 Å². The van der Waals surface area contributed by atoms with E-state index in [1.165, 1.54) is 0 Å². The Labute approximate surface area is 110 Å². The number of aryl methyl sites for hydroxylation is 1. The lowest BCUT2D eigenvalue weighted by Gasteiger charge is -2.20. The van der Waals surface area contributed by atoms with E-state index in [0.717, 1.165) is 43.5 Å². The average Bonchev–Trinajstić information content (AvgIpc) is 2.29. The fourth-order valence-electron chi connectivity index (χ4n) is 1.78. The number of nitrogens with zero attached hydrogens (tertiary/aromatic N) is 3. The van der Waals surface area contributed by atoms with E-state index in [4.69, 9.17) is 5.73 Å². The van der Waals surface area contributed by atoms with E-state index in [2.05, 4.69) is 34.0 Å². The second kappa shape index (κ2) is 7.16. The molecule has 0 fully saturated rings. The monoisotopic (exact) mass is 251 g/mol. The Balaban J connectivity index is 2.74. The van der Waals surface area contributed by atoms with Crippen LogP contribution in [0.1, 0.15) is 33.0 Å². The first-order valence-electron chi connectivity index (χ1n) is 6.66. The Hall–Kier alpha value is -1.36. The fourth-order valence-corrected chi connectivity index (χ4v) is 1.78.